The summed E-state index contributed by atoms with van der Waals surface area (Å²) in [7, 11) is 0. The summed E-state index contributed by atoms with van der Waals surface area (Å²) < 4.78 is 6.27. The molecule has 0 atom stereocenters. The van der Waals surface area contributed by atoms with Gasteiger partial charge in [-0.2, -0.15) is 0 Å². The monoisotopic (exact) mass is 299 g/mol. The molecule has 0 spiro atoms. The molecule has 1 heterocycles. The second-order valence-corrected chi connectivity index (χ2v) is 4.84. The van der Waals surface area contributed by atoms with Crippen LogP contribution in [0.1, 0.15) is 16.8 Å². The van der Waals surface area contributed by atoms with Crippen molar-refractivity contribution in [2.45, 2.75) is 6.42 Å². The van der Waals surface area contributed by atoms with Gasteiger partial charge in [-0.05, 0) is 24.6 Å². The zero-order valence-corrected chi connectivity index (χ0v) is 10.9. The lowest BCUT2D eigenvalue weighted by atomic mass is 10.1. The van der Waals surface area contributed by atoms with Crippen LogP contribution >= 0.6 is 15.9 Å². The first-order valence-electron chi connectivity index (χ1n) is 5.54. The number of hydrogen-bond acceptors (Lipinski definition) is 3. The Hall–Kier alpha value is -1.07. The SMILES string of the molecule is O=C(O)c1ccc(Br)cc1N1CCCOCC1. The average Bonchev–Trinajstić information content (AvgIpc) is 2.56. The van der Waals surface area contributed by atoms with Crippen LogP contribution in [-0.2, 0) is 4.74 Å². The Morgan fingerprint density at radius 3 is 2.94 bits per heavy atom. The number of nitrogens with zero attached hydrogens (tertiary/aromatic N) is 1. The van der Waals surface area contributed by atoms with Crippen LogP contribution in [0.15, 0.2) is 22.7 Å². The van der Waals surface area contributed by atoms with E-state index < -0.39 is 5.97 Å². The van der Waals surface area contributed by atoms with Gasteiger partial charge >= 0.3 is 5.97 Å². The molecule has 5 heteroatoms. The number of ether oxygens (including phenoxy) is 1. The van der Waals surface area contributed by atoms with Gasteiger partial charge < -0.3 is 14.7 Å². The van der Waals surface area contributed by atoms with E-state index >= 15 is 0 Å². The molecule has 0 unspecified atom stereocenters. The topological polar surface area (TPSA) is 49.8 Å². The van der Waals surface area contributed by atoms with Crippen molar-refractivity contribution in [2.75, 3.05) is 31.2 Å². The first-order chi connectivity index (χ1) is 8.18. The highest BCUT2D eigenvalue weighted by Gasteiger charge is 2.17. The minimum Gasteiger partial charge on any atom is -0.478 e. The number of carboxylic acids is 1. The summed E-state index contributed by atoms with van der Waals surface area (Å²) in [6.07, 6.45) is 0.922. The van der Waals surface area contributed by atoms with Gasteiger partial charge in [0.25, 0.3) is 0 Å². The summed E-state index contributed by atoms with van der Waals surface area (Å²) in [4.78, 5) is 13.3. The fourth-order valence-corrected chi connectivity index (χ4v) is 2.28. The van der Waals surface area contributed by atoms with Gasteiger partial charge in [-0.3, -0.25) is 0 Å². The summed E-state index contributed by atoms with van der Waals surface area (Å²) >= 11 is 3.38. The Kier molecular flexibility index (Phi) is 4.02. The predicted octanol–water partition coefficient (Wildman–Crippen LogP) is 2.37. The molecule has 0 radical (unpaired) electrons. The number of halogens is 1. The van der Waals surface area contributed by atoms with Crippen molar-refractivity contribution in [3.05, 3.63) is 28.2 Å². The lowest BCUT2D eigenvalue weighted by molar-refractivity contribution is 0.0697. The van der Waals surface area contributed by atoms with E-state index in [9.17, 15) is 9.90 Å². The standard InChI is InChI=1S/C12H14BrNO3/c13-9-2-3-10(12(15)16)11(8-9)14-4-1-6-17-7-5-14/h2-3,8H,1,4-7H2,(H,15,16). The van der Waals surface area contributed by atoms with Crippen LogP contribution in [0.4, 0.5) is 5.69 Å². The summed E-state index contributed by atoms with van der Waals surface area (Å²) in [6.45, 7) is 2.95. The molecule has 17 heavy (non-hydrogen) atoms. The normalized spacial score (nSPS) is 16.6. The molecule has 0 saturated carbocycles. The molecule has 92 valence electrons. The number of rotatable bonds is 2. The lowest BCUT2D eigenvalue weighted by Gasteiger charge is -2.23. The number of hydrogen-bond donors (Lipinski definition) is 1. The van der Waals surface area contributed by atoms with E-state index in [-0.39, 0.29) is 0 Å². The largest absolute Gasteiger partial charge is 0.478 e. The third kappa shape index (κ3) is 2.98. The third-order valence-electron chi connectivity index (χ3n) is 2.75. The molecule has 0 bridgehead atoms. The molecular weight excluding hydrogens is 286 g/mol. The van der Waals surface area contributed by atoms with Crippen molar-refractivity contribution >= 4 is 27.6 Å². The Morgan fingerprint density at radius 1 is 1.35 bits per heavy atom. The smallest absolute Gasteiger partial charge is 0.337 e. The molecule has 0 aliphatic carbocycles. The van der Waals surface area contributed by atoms with Crippen LogP contribution in [0.2, 0.25) is 0 Å². The second kappa shape index (κ2) is 5.51. The van der Waals surface area contributed by atoms with Gasteiger partial charge in [0.05, 0.1) is 17.9 Å². The van der Waals surface area contributed by atoms with Crippen molar-refractivity contribution in [3.8, 4) is 0 Å². The minimum atomic E-state index is -0.891. The number of benzene rings is 1. The lowest BCUT2D eigenvalue weighted by Crippen LogP contribution is -2.27. The molecule has 1 aliphatic rings. The first-order valence-corrected chi connectivity index (χ1v) is 6.33. The van der Waals surface area contributed by atoms with E-state index in [1.54, 1.807) is 12.1 Å². The maximum atomic E-state index is 11.2. The zero-order valence-electron chi connectivity index (χ0n) is 9.36. The maximum Gasteiger partial charge on any atom is 0.337 e. The summed E-state index contributed by atoms with van der Waals surface area (Å²) in [5, 5.41) is 9.18. The Morgan fingerprint density at radius 2 is 2.18 bits per heavy atom. The Bertz CT molecular complexity index is 414. The van der Waals surface area contributed by atoms with Gasteiger partial charge in [-0.1, -0.05) is 15.9 Å². The average molecular weight is 300 g/mol. The molecular formula is C12H14BrNO3. The summed E-state index contributed by atoms with van der Waals surface area (Å²) in [5.41, 5.74) is 1.10. The van der Waals surface area contributed by atoms with Crippen molar-refractivity contribution in [2.24, 2.45) is 0 Å². The highest BCUT2D eigenvalue weighted by molar-refractivity contribution is 9.10. The van der Waals surface area contributed by atoms with Gasteiger partial charge in [0, 0.05) is 24.2 Å². The Labute approximate surface area is 108 Å². The number of carboxylic acid groups (broad SMARTS) is 1. The fraction of sp³-hybridized carbons (Fsp3) is 0.417. The quantitative estimate of drug-likeness (QED) is 0.911. The highest BCUT2D eigenvalue weighted by atomic mass is 79.9. The molecule has 1 aliphatic heterocycles. The fourth-order valence-electron chi connectivity index (χ4n) is 1.93. The molecule has 0 aromatic heterocycles. The van der Waals surface area contributed by atoms with Crippen molar-refractivity contribution in [3.63, 3.8) is 0 Å². The molecule has 2 rings (SSSR count). The first kappa shape index (κ1) is 12.4. The van der Waals surface area contributed by atoms with E-state index in [0.717, 1.165) is 36.3 Å². The van der Waals surface area contributed by atoms with Crippen molar-refractivity contribution in [1.82, 2.24) is 0 Å². The van der Waals surface area contributed by atoms with Crippen LogP contribution in [0.5, 0.6) is 0 Å². The van der Waals surface area contributed by atoms with E-state index in [1.165, 1.54) is 0 Å². The minimum absolute atomic E-state index is 0.343. The van der Waals surface area contributed by atoms with Crippen LogP contribution < -0.4 is 4.90 Å². The second-order valence-electron chi connectivity index (χ2n) is 3.92. The third-order valence-corrected chi connectivity index (χ3v) is 3.25. The van der Waals surface area contributed by atoms with Crippen molar-refractivity contribution < 1.29 is 14.6 Å². The molecule has 1 fully saturated rings. The van der Waals surface area contributed by atoms with Crippen LogP contribution in [0, 0.1) is 0 Å². The summed E-state index contributed by atoms with van der Waals surface area (Å²) in [6, 6.07) is 5.24. The predicted molar refractivity (Wildman–Crippen MR) is 68.8 cm³/mol. The highest BCUT2D eigenvalue weighted by Crippen LogP contribution is 2.26. The maximum absolute atomic E-state index is 11.2. The van der Waals surface area contributed by atoms with Crippen LogP contribution in [0.25, 0.3) is 0 Å². The molecule has 4 nitrogen and oxygen atoms in total. The van der Waals surface area contributed by atoms with Gasteiger partial charge in [0.2, 0.25) is 0 Å². The van der Waals surface area contributed by atoms with Gasteiger partial charge in [0.1, 0.15) is 0 Å². The van der Waals surface area contributed by atoms with Crippen LogP contribution in [-0.4, -0.2) is 37.4 Å². The van der Waals surface area contributed by atoms with E-state index in [0.29, 0.717) is 12.2 Å². The van der Waals surface area contributed by atoms with E-state index in [2.05, 4.69) is 20.8 Å². The number of aromatic carboxylic acids is 1. The van der Waals surface area contributed by atoms with Crippen molar-refractivity contribution in [1.29, 1.82) is 0 Å². The summed E-state index contributed by atoms with van der Waals surface area (Å²) in [5.74, 6) is -0.891. The zero-order chi connectivity index (χ0) is 12.3. The van der Waals surface area contributed by atoms with Crippen LogP contribution in [0.3, 0.4) is 0 Å². The molecule has 1 saturated heterocycles. The van der Waals surface area contributed by atoms with E-state index in [1.807, 2.05) is 6.07 Å². The molecule has 1 N–H and O–H groups in total. The molecule has 1 aromatic rings. The molecule has 0 amide bonds. The van der Waals surface area contributed by atoms with Gasteiger partial charge in [0.15, 0.2) is 0 Å². The van der Waals surface area contributed by atoms with Gasteiger partial charge in [-0.25, -0.2) is 4.79 Å². The Balaban J connectivity index is 2.34. The number of carbonyl (C=O) groups is 1. The van der Waals surface area contributed by atoms with Gasteiger partial charge in [-0.15, -0.1) is 0 Å². The number of anilines is 1. The van der Waals surface area contributed by atoms with E-state index in [4.69, 9.17) is 4.74 Å². The molecule has 1 aromatic carbocycles.